The van der Waals surface area contributed by atoms with E-state index in [1.54, 1.807) is 0 Å². The molecule has 408 valence electrons. The van der Waals surface area contributed by atoms with Gasteiger partial charge in [0.05, 0.1) is 40.0 Å². The smallest absolute Gasteiger partial charge is 0.435 e. The van der Waals surface area contributed by atoms with Gasteiger partial charge in [0.25, 0.3) is 5.92 Å². The number of halogens is 11. The van der Waals surface area contributed by atoms with E-state index in [-0.39, 0.29) is 68.4 Å². The van der Waals surface area contributed by atoms with E-state index in [1.165, 1.54) is 13.8 Å². The first-order valence-electron chi connectivity index (χ1n) is 22.7. The number of likely N-dealkylation sites (tertiary alicyclic amines) is 1. The number of sulfone groups is 1. The topological polar surface area (TPSA) is 219 Å². The van der Waals surface area contributed by atoms with Crippen LogP contribution in [0.2, 0.25) is 5.02 Å². The molecule has 2 aliphatic carbocycles. The fourth-order valence-electron chi connectivity index (χ4n) is 9.41. The number of anilines is 1. The summed E-state index contributed by atoms with van der Waals surface area (Å²) in [6, 6.07) is 2.40. The van der Waals surface area contributed by atoms with Crippen LogP contribution in [0.15, 0.2) is 42.5 Å². The van der Waals surface area contributed by atoms with Crippen molar-refractivity contribution in [3.63, 3.8) is 0 Å². The number of alkyl halides is 8. The molecule has 3 N–H and O–H groups in total. The summed E-state index contributed by atoms with van der Waals surface area (Å²) in [4.78, 5) is 45.5. The SMILES string of the molecule is CC(C)(C#Cc1ccc(-c2ccc(Cl)c3c(N(C(=O)N4CCC[C@H]4CNC(=O)O)S(C)(=O)=O)nn(CC(F)(F)F)c23)c(C(Cc2cc(F)cc(F)c2)NC(=O)Cn2nc(C(F)(F)F)c3c2C(F)(F)[C@@H]2C[C@H]32)n1)S(C)(=O)=O. The molecule has 76 heavy (non-hydrogen) atoms. The molecule has 2 fully saturated rings. The number of fused-ring (bicyclic) bond motifs is 4. The van der Waals surface area contributed by atoms with Gasteiger partial charge < -0.3 is 20.6 Å². The molecule has 1 saturated carbocycles. The summed E-state index contributed by atoms with van der Waals surface area (Å²) < 4.78 is 199. The number of hydrogen-bond acceptors (Lipinski definition) is 10. The molecule has 5 aromatic rings. The molecule has 1 saturated heterocycles. The lowest BCUT2D eigenvalue weighted by Crippen LogP contribution is -2.51. The van der Waals surface area contributed by atoms with Crippen molar-refractivity contribution >= 4 is 66.2 Å². The molecule has 3 aromatic heterocycles. The van der Waals surface area contributed by atoms with E-state index >= 15 is 8.78 Å². The molecule has 0 bridgehead atoms. The molecule has 1 unspecified atom stereocenters. The molecule has 3 aliphatic rings. The molecule has 17 nitrogen and oxygen atoms in total. The van der Waals surface area contributed by atoms with E-state index in [0.717, 1.165) is 47.6 Å². The molecular weight excluding hydrogens is 1100 g/mol. The number of carbonyl (C=O) groups excluding carboxylic acids is 2. The van der Waals surface area contributed by atoms with Crippen LogP contribution in [0, 0.1) is 29.4 Å². The lowest BCUT2D eigenvalue weighted by Gasteiger charge is -2.29. The van der Waals surface area contributed by atoms with Crippen molar-refractivity contribution < 1.29 is 80.2 Å². The zero-order valence-corrected chi connectivity index (χ0v) is 42.3. The van der Waals surface area contributed by atoms with Crippen molar-refractivity contribution in [3.05, 3.63) is 93.0 Å². The maximum Gasteiger partial charge on any atom is 0.435 e. The highest BCUT2D eigenvalue weighted by Crippen LogP contribution is 2.68. The third-order valence-corrected chi connectivity index (χ3v) is 16.4. The lowest BCUT2D eigenvalue weighted by molar-refractivity contribution is -0.143. The number of aromatic nitrogens is 5. The summed E-state index contributed by atoms with van der Waals surface area (Å²) in [5, 5.41) is 20.0. The minimum absolute atomic E-state index is 0.0864. The second-order valence-corrected chi connectivity index (χ2v) is 23.8. The van der Waals surface area contributed by atoms with Crippen molar-refractivity contribution in [1.29, 1.82) is 0 Å². The molecule has 8 rings (SSSR count). The highest BCUT2D eigenvalue weighted by molar-refractivity contribution is 7.93. The monoisotopic (exact) mass is 1140 g/mol. The quantitative estimate of drug-likeness (QED) is 0.0760. The van der Waals surface area contributed by atoms with Crippen LogP contribution in [0.25, 0.3) is 22.0 Å². The highest BCUT2D eigenvalue weighted by atomic mass is 35.5. The summed E-state index contributed by atoms with van der Waals surface area (Å²) in [7, 11) is -8.81. The van der Waals surface area contributed by atoms with Crippen LogP contribution in [0.4, 0.5) is 59.3 Å². The summed E-state index contributed by atoms with van der Waals surface area (Å²) in [6.07, 6.45) is -11.1. The van der Waals surface area contributed by atoms with Crippen molar-refractivity contribution in [2.24, 2.45) is 5.92 Å². The molecule has 1 aliphatic heterocycles. The number of nitrogens with one attached hydrogen (secondary N) is 2. The molecule has 4 amide bonds. The average Bonchev–Trinajstić information content (AvgIpc) is 3.52. The van der Waals surface area contributed by atoms with E-state index in [9.17, 15) is 71.4 Å². The third kappa shape index (κ3) is 11.0. The number of pyridine rings is 1. The van der Waals surface area contributed by atoms with Gasteiger partial charge in [-0.1, -0.05) is 23.6 Å². The molecule has 4 heterocycles. The van der Waals surface area contributed by atoms with Crippen LogP contribution in [0.3, 0.4) is 0 Å². The standard InChI is InChI=1S/C46H42ClF10N9O8S2/c1-43(2,75(3,71)72)12-11-25-7-8-27(28-9-10-31(47)35-37(28)65(21-44(50,51)52)62-40(35)66(76(4,73)74)42(70)63-13-5-6-26(63)19-58-41(68)69)36(59-25)32(16-22-14-23(48)17-24(49)15-22)60-33(67)20-64-39-34(38(61-64)46(55,56)57)29-18-30(29)45(39,53)54/h7-10,14-15,17,26,29-30,32,58H,5-6,13,16,18-21H2,1-4H3,(H,60,67)(H,68,69)/t26-,29-,30+,32?/m0/s1. The number of hydrogen-bond donors (Lipinski definition) is 3. The number of urea groups is 1. The van der Waals surface area contributed by atoms with Crippen LogP contribution >= 0.6 is 11.6 Å². The van der Waals surface area contributed by atoms with Crippen molar-refractivity contribution in [2.45, 2.75) is 93.6 Å². The van der Waals surface area contributed by atoms with Gasteiger partial charge in [-0.05, 0) is 87.3 Å². The minimum Gasteiger partial charge on any atom is -0.465 e. The maximum absolute atomic E-state index is 15.6. The number of benzene rings is 2. The van der Waals surface area contributed by atoms with Crippen LogP contribution in [0.1, 0.15) is 79.0 Å². The minimum atomic E-state index is -5.24. The zero-order chi connectivity index (χ0) is 56.0. The summed E-state index contributed by atoms with van der Waals surface area (Å²) in [6.45, 7) is -1.37. The number of sulfonamides is 1. The van der Waals surface area contributed by atoms with E-state index in [4.69, 9.17) is 11.6 Å². The Morgan fingerprint density at radius 3 is 2.22 bits per heavy atom. The molecule has 0 spiro atoms. The Morgan fingerprint density at radius 2 is 1.62 bits per heavy atom. The molecule has 2 aromatic carbocycles. The Bertz CT molecular complexity index is 3500. The van der Waals surface area contributed by atoms with Crippen LogP contribution in [-0.4, -0.2) is 112 Å². The van der Waals surface area contributed by atoms with E-state index < -0.39 is 160 Å². The van der Waals surface area contributed by atoms with Crippen molar-refractivity contribution in [3.8, 4) is 23.0 Å². The van der Waals surface area contributed by atoms with Gasteiger partial charge in [0.2, 0.25) is 15.9 Å². The number of carboxylic acid groups (broad SMARTS) is 1. The molecule has 0 radical (unpaired) electrons. The Kier molecular flexibility index (Phi) is 14.2. The van der Waals surface area contributed by atoms with Gasteiger partial charge in [0, 0.05) is 48.0 Å². The van der Waals surface area contributed by atoms with Gasteiger partial charge in [0.1, 0.15) is 40.9 Å². The third-order valence-electron chi connectivity index (χ3n) is 13.1. The Morgan fingerprint density at radius 1 is 0.961 bits per heavy atom. The second-order valence-electron chi connectivity index (χ2n) is 19.0. The van der Waals surface area contributed by atoms with Crippen LogP contribution in [-0.2, 0) is 56.3 Å². The Hall–Kier alpha value is -6.67. The lowest BCUT2D eigenvalue weighted by atomic mass is 9.93. The predicted octanol–water partition coefficient (Wildman–Crippen LogP) is 7.91. The molecule has 30 heteroatoms. The first kappa shape index (κ1) is 55.6. The second kappa shape index (κ2) is 19.4. The first-order chi connectivity index (χ1) is 35.1. The van der Waals surface area contributed by atoms with Crippen LogP contribution < -0.4 is 14.9 Å². The summed E-state index contributed by atoms with van der Waals surface area (Å²) >= 11 is 6.71. The Balaban J connectivity index is 1.35. The van der Waals surface area contributed by atoms with Gasteiger partial charge >= 0.3 is 24.5 Å². The van der Waals surface area contributed by atoms with Crippen molar-refractivity contribution in [1.82, 2.24) is 40.1 Å². The van der Waals surface area contributed by atoms with Gasteiger partial charge in [-0.25, -0.2) is 40.2 Å². The fourth-order valence-corrected chi connectivity index (χ4v) is 10.7. The van der Waals surface area contributed by atoms with E-state index in [0.29, 0.717) is 12.3 Å². The predicted molar refractivity (Wildman–Crippen MR) is 251 cm³/mol. The van der Waals surface area contributed by atoms with Crippen LogP contribution in [0.5, 0.6) is 0 Å². The van der Waals surface area contributed by atoms with E-state index in [1.807, 2.05) is 0 Å². The summed E-state index contributed by atoms with van der Waals surface area (Å²) in [5.41, 5.74) is -6.02. The van der Waals surface area contributed by atoms with Gasteiger partial charge in [-0.2, -0.15) is 49.6 Å². The van der Waals surface area contributed by atoms with Gasteiger partial charge in [-0.3, -0.25) is 14.2 Å². The first-order valence-corrected chi connectivity index (χ1v) is 26.8. The zero-order valence-electron chi connectivity index (χ0n) is 39.9. The number of amides is 4. The average molecular weight is 1140 g/mol. The van der Waals surface area contributed by atoms with Gasteiger partial charge in [0.15, 0.2) is 21.3 Å². The van der Waals surface area contributed by atoms with Crippen molar-refractivity contribution in [2.75, 3.05) is 29.9 Å². The fraction of sp³-hybridized carbons (Fsp3) is 0.435. The number of nitrogens with zero attached hydrogens (tertiary/aromatic N) is 7. The summed E-state index contributed by atoms with van der Waals surface area (Å²) in [5.74, 6) is -6.10. The maximum atomic E-state index is 15.6. The Labute approximate surface area is 430 Å². The number of carbonyl (C=O) groups is 3. The normalized spacial score (nSPS) is 18.7. The van der Waals surface area contributed by atoms with Gasteiger partial charge in [-0.15, -0.1) is 0 Å². The molecule has 4 atom stereocenters. The largest absolute Gasteiger partial charge is 0.465 e. The molecular formula is C46H42ClF10N9O8S2. The van der Waals surface area contributed by atoms with E-state index in [2.05, 4.69) is 37.7 Å². The highest BCUT2D eigenvalue weighted by Gasteiger charge is 2.68. The number of rotatable bonds is 13.